The van der Waals surface area contributed by atoms with Gasteiger partial charge in [-0.1, -0.05) is 54.6 Å². The number of methoxy groups -OCH3 is 3. The lowest BCUT2D eigenvalue weighted by Crippen LogP contribution is -1.94. The van der Waals surface area contributed by atoms with E-state index in [2.05, 4.69) is 24.3 Å². The van der Waals surface area contributed by atoms with Crippen LogP contribution < -0.4 is 14.2 Å². The molecule has 3 nitrogen and oxygen atoms in total. The zero-order valence-corrected chi connectivity index (χ0v) is 15.2. The van der Waals surface area contributed by atoms with Gasteiger partial charge >= 0.3 is 0 Å². The first-order valence-electron chi connectivity index (χ1n) is 8.38. The monoisotopic (exact) mass is 346 g/mol. The van der Waals surface area contributed by atoms with Crippen LogP contribution in [0.2, 0.25) is 0 Å². The second-order valence-electron chi connectivity index (χ2n) is 5.77. The van der Waals surface area contributed by atoms with E-state index in [9.17, 15) is 0 Å². The molecule has 0 heterocycles. The van der Waals surface area contributed by atoms with E-state index in [-0.39, 0.29) is 0 Å². The van der Waals surface area contributed by atoms with Crippen molar-refractivity contribution in [2.45, 2.75) is 0 Å². The maximum Gasteiger partial charge on any atom is 0.130 e. The Morgan fingerprint density at radius 2 is 1.35 bits per heavy atom. The topological polar surface area (TPSA) is 27.7 Å². The van der Waals surface area contributed by atoms with E-state index in [1.165, 1.54) is 0 Å². The van der Waals surface area contributed by atoms with Gasteiger partial charge in [0.2, 0.25) is 0 Å². The first kappa shape index (κ1) is 17.6. The minimum Gasteiger partial charge on any atom is -0.497 e. The first-order valence-corrected chi connectivity index (χ1v) is 8.38. The van der Waals surface area contributed by atoms with Crippen molar-refractivity contribution < 1.29 is 14.2 Å². The number of hydrogen-bond donors (Lipinski definition) is 0. The van der Waals surface area contributed by atoms with Crippen LogP contribution in [0.1, 0.15) is 11.1 Å². The predicted octanol–water partition coefficient (Wildman–Crippen LogP) is 5.55. The molecule has 132 valence electrons. The van der Waals surface area contributed by atoms with Crippen LogP contribution in [0.4, 0.5) is 0 Å². The summed E-state index contributed by atoms with van der Waals surface area (Å²) in [5, 5.41) is 0. The molecule has 0 saturated heterocycles. The molecule has 0 bridgehead atoms. The van der Waals surface area contributed by atoms with Crippen molar-refractivity contribution in [2.24, 2.45) is 0 Å². The highest BCUT2D eigenvalue weighted by Gasteiger charge is 2.12. The lowest BCUT2D eigenvalue weighted by Gasteiger charge is -2.14. The molecule has 0 aliphatic heterocycles. The molecule has 0 unspecified atom stereocenters. The molecule has 0 saturated carbocycles. The molecule has 0 radical (unpaired) electrons. The third-order valence-corrected chi connectivity index (χ3v) is 4.20. The van der Waals surface area contributed by atoms with Crippen LogP contribution in [0, 0.1) is 0 Å². The largest absolute Gasteiger partial charge is 0.497 e. The summed E-state index contributed by atoms with van der Waals surface area (Å²) in [4.78, 5) is 0. The normalized spacial score (nSPS) is 10.7. The predicted molar refractivity (Wildman–Crippen MR) is 107 cm³/mol. The summed E-state index contributed by atoms with van der Waals surface area (Å²) in [6.07, 6.45) is 4.15. The molecule has 0 N–H and O–H groups in total. The Morgan fingerprint density at radius 1 is 0.654 bits per heavy atom. The SMILES string of the molecule is COc1ccc(C=Cc2cc(OC)cc(OC)c2-c2ccccc2)cc1. The Labute approximate surface area is 154 Å². The van der Waals surface area contributed by atoms with Crippen molar-refractivity contribution in [3.8, 4) is 28.4 Å². The Kier molecular flexibility index (Phi) is 5.59. The van der Waals surface area contributed by atoms with Gasteiger partial charge in [-0.05, 0) is 34.9 Å². The highest BCUT2D eigenvalue weighted by molar-refractivity contribution is 5.85. The third kappa shape index (κ3) is 3.89. The van der Waals surface area contributed by atoms with Crippen LogP contribution in [0.5, 0.6) is 17.2 Å². The molecule has 3 heteroatoms. The summed E-state index contributed by atoms with van der Waals surface area (Å²) >= 11 is 0. The Morgan fingerprint density at radius 3 is 1.96 bits per heavy atom. The molecule has 0 aliphatic carbocycles. The molecule has 0 aromatic heterocycles. The van der Waals surface area contributed by atoms with Crippen molar-refractivity contribution in [3.05, 3.63) is 77.9 Å². The highest BCUT2D eigenvalue weighted by Crippen LogP contribution is 2.38. The standard InChI is InChI=1S/C23H22O3/c1-24-20-13-10-17(11-14-20)9-12-19-15-21(25-2)16-22(26-3)23(19)18-7-5-4-6-8-18/h4-16H,1-3H3. The molecular weight excluding hydrogens is 324 g/mol. The summed E-state index contributed by atoms with van der Waals surface area (Å²) in [7, 11) is 5.01. The van der Waals surface area contributed by atoms with Crippen molar-refractivity contribution in [2.75, 3.05) is 21.3 Å². The van der Waals surface area contributed by atoms with Gasteiger partial charge in [0, 0.05) is 11.6 Å². The van der Waals surface area contributed by atoms with E-state index in [0.717, 1.165) is 39.5 Å². The highest BCUT2D eigenvalue weighted by atomic mass is 16.5. The minimum atomic E-state index is 0.760. The third-order valence-electron chi connectivity index (χ3n) is 4.20. The lowest BCUT2D eigenvalue weighted by molar-refractivity contribution is 0.395. The van der Waals surface area contributed by atoms with Crippen molar-refractivity contribution in [3.63, 3.8) is 0 Å². The molecule has 3 aromatic carbocycles. The van der Waals surface area contributed by atoms with E-state index in [1.54, 1.807) is 21.3 Å². The quantitative estimate of drug-likeness (QED) is 0.548. The maximum atomic E-state index is 5.63. The summed E-state index contributed by atoms with van der Waals surface area (Å²) < 4.78 is 16.3. The number of ether oxygens (including phenoxy) is 3. The van der Waals surface area contributed by atoms with Gasteiger partial charge in [-0.2, -0.15) is 0 Å². The number of rotatable bonds is 6. The summed E-state index contributed by atoms with van der Waals surface area (Å²) in [5.74, 6) is 2.39. The van der Waals surface area contributed by atoms with Gasteiger partial charge in [0.25, 0.3) is 0 Å². The summed E-state index contributed by atoms with van der Waals surface area (Å²) in [6.45, 7) is 0. The number of hydrogen-bond acceptors (Lipinski definition) is 3. The van der Waals surface area contributed by atoms with Crippen molar-refractivity contribution in [1.82, 2.24) is 0 Å². The molecule has 0 fully saturated rings. The zero-order valence-electron chi connectivity index (χ0n) is 15.2. The van der Waals surface area contributed by atoms with E-state index < -0.39 is 0 Å². The van der Waals surface area contributed by atoms with E-state index in [0.29, 0.717) is 0 Å². The van der Waals surface area contributed by atoms with Crippen LogP contribution in [-0.2, 0) is 0 Å². The number of benzene rings is 3. The van der Waals surface area contributed by atoms with Crippen LogP contribution in [0.25, 0.3) is 23.3 Å². The van der Waals surface area contributed by atoms with E-state index >= 15 is 0 Å². The van der Waals surface area contributed by atoms with Crippen LogP contribution in [0.3, 0.4) is 0 Å². The Balaban J connectivity index is 2.07. The van der Waals surface area contributed by atoms with Crippen LogP contribution >= 0.6 is 0 Å². The van der Waals surface area contributed by atoms with Gasteiger partial charge in [-0.3, -0.25) is 0 Å². The fourth-order valence-corrected chi connectivity index (χ4v) is 2.84. The average molecular weight is 346 g/mol. The van der Waals surface area contributed by atoms with Crippen LogP contribution in [-0.4, -0.2) is 21.3 Å². The van der Waals surface area contributed by atoms with Gasteiger partial charge in [0.1, 0.15) is 17.2 Å². The lowest BCUT2D eigenvalue weighted by atomic mass is 9.97. The first-order chi connectivity index (χ1) is 12.7. The molecule has 0 spiro atoms. The van der Waals surface area contributed by atoms with Crippen molar-refractivity contribution in [1.29, 1.82) is 0 Å². The van der Waals surface area contributed by atoms with E-state index in [1.807, 2.05) is 54.6 Å². The van der Waals surface area contributed by atoms with Gasteiger partial charge in [-0.15, -0.1) is 0 Å². The maximum absolute atomic E-state index is 5.63. The van der Waals surface area contributed by atoms with Gasteiger partial charge in [-0.25, -0.2) is 0 Å². The van der Waals surface area contributed by atoms with Gasteiger partial charge in [0.05, 0.1) is 21.3 Å². The second-order valence-corrected chi connectivity index (χ2v) is 5.77. The molecule has 3 aromatic rings. The van der Waals surface area contributed by atoms with Gasteiger partial charge in [0.15, 0.2) is 0 Å². The summed E-state index contributed by atoms with van der Waals surface area (Å²) in [5.41, 5.74) is 4.26. The smallest absolute Gasteiger partial charge is 0.130 e. The molecule has 0 aliphatic rings. The van der Waals surface area contributed by atoms with Gasteiger partial charge < -0.3 is 14.2 Å². The fourth-order valence-electron chi connectivity index (χ4n) is 2.84. The molecule has 3 rings (SSSR count). The molecule has 26 heavy (non-hydrogen) atoms. The minimum absolute atomic E-state index is 0.760. The van der Waals surface area contributed by atoms with Crippen molar-refractivity contribution >= 4 is 12.2 Å². The zero-order chi connectivity index (χ0) is 18.4. The molecule has 0 amide bonds. The summed E-state index contributed by atoms with van der Waals surface area (Å²) in [6, 6.07) is 22.1. The Hall–Kier alpha value is -3.20. The fraction of sp³-hybridized carbons (Fsp3) is 0.130. The van der Waals surface area contributed by atoms with E-state index in [4.69, 9.17) is 14.2 Å². The second kappa shape index (κ2) is 8.26. The Bertz CT molecular complexity index is 881. The average Bonchev–Trinajstić information content (AvgIpc) is 2.72. The molecular formula is C23H22O3. The molecule has 0 atom stereocenters. The van der Waals surface area contributed by atoms with Crippen LogP contribution in [0.15, 0.2) is 66.7 Å².